The van der Waals surface area contributed by atoms with Crippen LogP contribution in [-0.4, -0.2) is 30.3 Å². The van der Waals surface area contributed by atoms with E-state index in [1.165, 1.54) is 51.7 Å². The zero-order chi connectivity index (χ0) is 10.4. The van der Waals surface area contributed by atoms with Crippen LogP contribution < -0.4 is 0 Å². The van der Waals surface area contributed by atoms with Crippen molar-refractivity contribution in [2.45, 2.75) is 46.0 Å². The summed E-state index contributed by atoms with van der Waals surface area (Å²) in [6, 6.07) is 0. The van der Waals surface area contributed by atoms with Crippen molar-refractivity contribution in [2.24, 2.45) is 5.41 Å². The molecule has 0 N–H and O–H groups in total. The molecule has 0 unspecified atom stereocenters. The third kappa shape index (κ3) is 3.16. The Balaban J connectivity index is 2.29. The van der Waals surface area contributed by atoms with Gasteiger partial charge in [0, 0.05) is 0 Å². The minimum atomic E-state index is 0.678. The number of hydrogen-bond donors (Lipinski definition) is 1. The summed E-state index contributed by atoms with van der Waals surface area (Å²) in [4.78, 5) is 2.61. The van der Waals surface area contributed by atoms with Crippen molar-refractivity contribution in [2.75, 3.05) is 25.4 Å². The van der Waals surface area contributed by atoms with Crippen molar-refractivity contribution in [1.29, 1.82) is 0 Å². The zero-order valence-corrected chi connectivity index (χ0v) is 10.7. The second-order valence-electron chi connectivity index (χ2n) is 4.63. The normalized spacial score (nSPS) is 22.5. The van der Waals surface area contributed by atoms with E-state index in [1.54, 1.807) is 0 Å². The molecule has 0 aliphatic carbocycles. The first-order valence-corrected chi connectivity index (χ1v) is 6.73. The van der Waals surface area contributed by atoms with E-state index in [-0.39, 0.29) is 0 Å². The largest absolute Gasteiger partial charge is 0.303 e. The van der Waals surface area contributed by atoms with Gasteiger partial charge in [0.25, 0.3) is 0 Å². The van der Waals surface area contributed by atoms with Gasteiger partial charge in [0.05, 0.1) is 0 Å². The molecule has 0 bridgehead atoms. The molecule has 0 radical (unpaired) electrons. The van der Waals surface area contributed by atoms with Crippen molar-refractivity contribution in [1.82, 2.24) is 4.90 Å². The van der Waals surface area contributed by atoms with Gasteiger partial charge in [-0.3, -0.25) is 0 Å². The Morgan fingerprint density at radius 1 is 1.14 bits per heavy atom. The van der Waals surface area contributed by atoms with Gasteiger partial charge in [-0.05, 0) is 50.1 Å². The van der Waals surface area contributed by atoms with Crippen LogP contribution in [0.3, 0.4) is 0 Å². The molecule has 0 spiro atoms. The summed E-state index contributed by atoms with van der Waals surface area (Å²) < 4.78 is 0. The summed E-state index contributed by atoms with van der Waals surface area (Å²) in [5.74, 6) is 1.03. The lowest BCUT2D eigenvalue weighted by atomic mass is 9.74. The fourth-order valence-electron chi connectivity index (χ4n) is 2.50. The Hall–Kier alpha value is 0.310. The Morgan fingerprint density at radius 3 is 2.14 bits per heavy atom. The Morgan fingerprint density at radius 2 is 1.71 bits per heavy atom. The molecular formula is C12H25NS. The lowest BCUT2D eigenvalue weighted by Crippen LogP contribution is -2.40. The minimum Gasteiger partial charge on any atom is -0.303 e. The van der Waals surface area contributed by atoms with E-state index in [9.17, 15) is 0 Å². The number of rotatable bonds is 5. The molecule has 1 saturated heterocycles. The van der Waals surface area contributed by atoms with E-state index in [1.807, 2.05) is 0 Å². The molecule has 1 fully saturated rings. The molecule has 1 rings (SSSR count). The smallest absolute Gasteiger partial charge is 0.00110 e. The molecule has 1 nitrogen and oxygen atoms in total. The molecule has 0 aromatic heterocycles. The molecule has 2 heteroatoms. The van der Waals surface area contributed by atoms with Crippen molar-refractivity contribution in [3.63, 3.8) is 0 Å². The SMILES string of the molecule is CCC1(CC)CCN(CCCS)CC1. The second-order valence-corrected chi connectivity index (χ2v) is 5.07. The number of piperidine rings is 1. The van der Waals surface area contributed by atoms with E-state index in [2.05, 4.69) is 31.4 Å². The monoisotopic (exact) mass is 215 g/mol. The van der Waals surface area contributed by atoms with Gasteiger partial charge in [0.15, 0.2) is 0 Å². The minimum absolute atomic E-state index is 0.678. The topological polar surface area (TPSA) is 3.24 Å². The second kappa shape index (κ2) is 6.02. The first-order chi connectivity index (χ1) is 6.76. The summed E-state index contributed by atoms with van der Waals surface area (Å²) in [5.41, 5.74) is 0.678. The predicted molar refractivity (Wildman–Crippen MR) is 67.2 cm³/mol. The van der Waals surface area contributed by atoms with E-state index in [4.69, 9.17) is 0 Å². The van der Waals surface area contributed by atoms with Crippen LogP contribution in [0.25, 0.3) is 0 Å². The number of hydrogen-bond acceptors (Lipinski definition) is 2. The number of likely N-dealkylation sites (tertiary alicyclic amines) is 1. The highest BCUT2D eigenvalue weighted by atomic mass is 32.1. The average molecular weight is 215 g/mol. The van der Waals surface area contributed by atoms with Crippen molar-refractivity contribution < 1.29 is 0 Å². The van der Waals surface area contributed by atoms with Gasteiger partial charge in [-0.15, -0.1) is 0 Å². The molecule has 1 heterocycles. The lowest BCUT2D eigenvalue weighted by Gasteiger charge is -2.41. The van der Waals surface area contributed by atoms with Crippen LogP contribution in [0.5, 0.6) is 0 Å². The quantitative estimate of drug-likeness (QED) is 0.689. The fraction of sp³-hybridized carbons (Fsp3) is 1.00. The average Bonchev–Trinajstić information content (AvgIpc) is 2.27. The van der Waals surface area contributed by atoms with E-state index >= 15 is 0 Å². The maximum atomic E-state index is 4.26. The predicted octanol–water partition coefficient (Wildman–Crippen LogP) is 3.21. The van der Waals surface area contributed by atoms with Crippen LogP contribution in [0.1, 0.15) is 46.0 Å². The summed E-state index contributed by atoms with van der Waals surface area (Å²) in [7, 11) is 0. The van der Waals surface area contributed by atoms with Crippen LogP contribution in [0.15, 0.2) is 0 Å². The van der Waals surface area contributed by atoms with Gasteiger partial charge < -0.3 is 4.90 Å². The standard InChI is InChI=1S/C12H25NS/c1-3-12(4-2)6-9-13(10-7-12)8-5-11-14/h14H,3-11H2,1-2H3. The molecule has 0 aromatic rings. The molecule has 0 amide bonds. The van der Waals surface area contributed by atoms with E-state index in [0.717, 1.165) is 5.75 Å². The summed E-state index contributed by atoms with van der Waals surface area (Å²) in [6.45, 7) is 8.59. The van der Waals surface area contributed by atoms with Crippen LogP contribution in [0, 0.1) is 5.41 Å². The van der Waals surface area contributed by atoms with Crippen molar-refractivity contribution in [3.05, 3.63) is 0 Å². The number of nitrogens with zero attached hydrogens (tertiary/aromatic N) is 1. The Kier molecular flexibility index (Phi) is 5.32. The maximum Gasteiger partial charge on any atom is -0.00110 e. The number of thiol groups is 1. The molecule has 0 aromatic carbocycles. The Bertz CT molecular complexity index is 144. The first kappa shape index (κ1) is 12.4. The lowest BCUT2D eigenvalue weighted by molar-refractivity contribution is 0.0958. The molecule has 1 aliphatic rings. The summed E-state index contributed by atoms with van der Waals surface area (Å²) in [6.07, 6.45) is 6.79. The zero-order valence-electron chi connectivity index (χ0n) is 9.76. The van der Waals surface area contributed by atoms with Crippen LogP contribution in [-0.2, 0) is 0 Å². The molecule has 1 aliphatic heterocycles. The Labute approximate surface area is 94.7 Å². The van der Waals surface area contributed by atoms with Gasteiger partial charge in [-0.1, -0.05) is 26.7 Å². The summed E-state index contributed by atoms with van der Waals surface area (Å²) >= 11 is 4.26. The van der Waals surface area contributed by atoms with Crippen LogP contribution in [0.4, 0.5) is 0 Å². The highest BCUT2D eigenvalue weighted by Crippen LogP contribution is 2.37. The summed E-state index contributed by atoms with van der Waals surface area (Å²) in [5, 5.41) is 0. The van der Waals surface area contributed by atoms with Gasteiger partial charge in [0.1, 0.15) is 0 Å². The third-order valence-electron chi connectivity index (χ3n) is 4.05. The fourth-order valence-corrected chi connectivity index (χ4v) is 2.64. The molecule has 0 saturated carbocycles. The van der Waals surface area contributed by atoms with Gasteiger partial charge in [-0.25, -0.2) is 0 Å². The highest BCUT2D eigenvalue weighted by molar-refractivity contribution is 7.80. The third-order valence-corrected chi connectivity index (χ3v) is 4.37. The van der Waals surface area contributed by atoms with Crippen LogP contribution >= 0.6 is 12.6 Å². The molecule has 14 heavy (non-hydrogen) atoms. The molecule has 0 atom stereocenters. The van der Waals surface area contributed by atoms with Gasteiger partial charge in [-0.2, -0.15) is 12.6 Å². The van der Waals surface area contributed by atoms with E-state index < -0.39 is 0 Å². The highest BCUT2D eigenvalue weighted by Gasteiger charge is 2.30. The van der Waals surface area contributed by atoms with Gasteiger partial charge in [0.2, 0.25) is 0 Å². The molecular weight excluding hydrogens is 190 g/mol. The van der Waals surface area contributed by atoms with Gasteiger partial charge >= 0.3 is 0 Å². The first-order valence-electron chi connectivity index (χ1n) is 6.09. The van der Waals surface area contributed by atoms with E-state index in [0.29, 0.717) is 5.41 Å². The molecule has 84 valence electrons. The van der Waals surface area contributed by atoms with Crippen molar-refractivity contribution >= 4 is 12.6 Å². The van der Waals surface area contributed by atoms with Crippen molar-refractivity contribution in [3.8, 4) is 0 Å². The van der Waals surface area contributed by atoms with Crippen LogP contribution in [0.2, 0.25) is 0 Å². The maximum absolute atomic E-state index is 4.26.